The molecule has 1 unspecified atom stereocenters. The third-order valence-corrected chi connectivity index (χ3v) is 1.76. The molecule has 0 fully saturated rings. The van der Waals surface area contributed by atoms with Gasteiger partial charge in [0.05, 0.1) is 12.1 Å². The summed E-state index contributed by atoms with van der Waals surface area (Å²) >= 11 is 0. The molecule has 1 atom stereocenters. The van der Waals surface area contributed by atoms with Crippen molar-refractivity contribution in [1.29, 1.82) is 0 Å². The second kappa shape index (κ2) is 3.08. The van der Waals surface area contributed by atoms with Crippen LogP contribution in [0.1, 0.15) is 12.5 Å². The van der Waals surface area contributed by atoms with Crippen LogP contribution in [0.3, 0.4) is 0 Å². The van der Waals surface area contributed by atoms with Crippen molar-refractivity contribution in [3.63, 3.8) is 0 Å². The number of aliphatic hydroxyl groups is 1. The Labute approximate surface area is 70.0 Å². The summed E-state index contributed by atoms with van der Waals surface area (Å²) in [6.45, 7) is 1.48. The summed E-state index contributed by atoms with van der Waals surface area (Å²) in [6, 6.07) is 3.06. The summed E-state index contributed by atoms with van der Waals surface area (Å²) in [5.74, 6) is 0. The average Bonchev–Trinajstić information content (AvgIpc) is 2.05. The maximum atomic E-state index is 10.9. The van der Waals surface area contributed by atoms with Gasteiger partial charge in [0.2, 0.25) is 5.56 Å². The molecule has 0 saturated heterocycles. The van der Waals surface area contributed by atoms with Crippen molar-refractivity contribution in [2.24, 2.45) is 5.73 Å². The number of aromatic amines is 1. The highest BCUT2D eigenvalue weighted by molar-refractivity contribution is 5.19. The Kier molecular flexibility index (Phi) is 2.30. The zero-order valence-corrected chi connectivity index (χ0v) is 6.87. The highest BCUT2D eigenvalue weighted by Crippen LogP contribution is 2.13. The van der Waals surface area contributed by atoms with Gasteiger partial charge in [0.1, 0.15) is 0 Å². The monoisotopic (exact) mass is 168 g/mol. The fourth-order valence-electron chi connectivity index (χ4n) is 0.891. The number of nitrogens with two attached hydrogens (primary N) is 1. The molecule has 12 heavy (non-hydrogen) atoms. The molecular formula is C8H12N2O2. The van der Waals surface area contributed by atoms with Crippen LogP contribution in [0.25, 0.3) is 0 Å². The second-order valence-electron chi connectivity index (χ2n) is 3.02. The zero-order chi connectivity index (χ0) is 9.19. The normalized spacial score (nSPS) is 15.6. The van der Waals surface area contributed by atoms with Crippen LogP contribution in [-0.4, -0.2) is 16.7 Å². The van der Waals surface area contributed by atoms with E-state index in [4.69, 9.17) is 10.8 Å². The Hall–Kier alpha value is -1.13. The lowest BCUT2D eigenvalue weighted by Crippen LogP contribution is -2.37. The van der Waals surface area contributed by atoms with Crippen LogP contribution < -0.4 is 11.3 Å². The van der Waals surface area contributed by atoms with E-state index in [0.717, 1.165) is 0 Å². The molecule has 4 heteroatoms. The van der Waals surface area contributed by atoms with Crippen molar-refractivity contribution in [1.82, 2.24) is 4.98 Å². The van der Waals surface area contributed by atoms with Gasteiger partial charge in [-0.2, -0.15) is 0 Å². The van der Waals surface area contributed by atoms with Crippen molar-refractivity contribution < 1.29 is 5.11 Å². The Morgan fingerprint density at radius 2 is 2.42 bits per heavy atom. The van der Waals surface area contributed by atoms with Gasteiger partial charge in [-0.25, -0.2) is 0 Å². The zero-order valence-electron chi connectivity index (χ0n) is 6.87. The minimum absolute atomic E-state index is 0.184. The quantitative estimate of drug-likeness (QED) is 0.559. The summed E-state index contributed by atoms with van der Waals surface area (Å²) in [5, 5.41) is 8.90. The third-order valence-electron chi connectivity index (χ3n) is 1.76. The summed E-state index contributed by atoms with van der Waals surface area (Å²) < 4.78 is 0. The lowest BCUT2D eigenvalue weighted by molar-refractivity contribution is 0.210. The number of hydrogen-bond acceptors (Lipinski definition) is 3. The minimum Gasteiger partial charge on any atom is -0.394 e. The number of nitrogens with one attached hydrogen (secondary N) is 1. The number of aliphatic hydroxyl groups excluding tert-OH is 1. The fourth-order valence-corrected chi connectivity index (χ4v) is 0.891. The highest BCUT2D eigenvalue weighted by atomic mass is 16.3. The number of aromatic nitrogens is 1. The van der Waals surface area contributed by atoms with Gasteiger partial charge in [0.15, 0.2) is 0 Å². The standard InChI is InChI=1S/C8H12N2O2/c1-8(9,5-11)6-2-3-10-7(12)4-6/h2-4,11H,5,9H2,1H3,(H,10,12). The van der Waals surface area contributed by atoms with Gasteiger partial charge in [-0.1, -0.05) is 0 Å². The van der Waals surface area contributed by atoms with Gasteiger partial charge >= 0.3 is 0 Å². The molecule has 0 bridgehead atoms. The molecule has 0 aliphatic rings. The van der Waals surface area contributed by atoms with Gasteiger partial charge in [0.25, 0.3) is 0 Å². The summed E-state index contributed by atoms with van der Waals surface area (Å²) in [5.41, 5.74) is 5.29. The predicted molar refractivity (Wildman–Crippen MR) is 45.7 cm³/mol. The Morgan fingerprint density at radius 1 is 1.75 bits per heavy atom. The van der Waals surface area contributed by atoms with Gasteiger partial charge in [-0.05, 0) is 18.6 Å². The first-order valence-corrected chi connectivity index (χ1v) is 3.65. The number of pyridine rings is 1. The Bertz CT molecular complexity index is 317. The van der Waals surface area contributed by atoms with Gasteiger partial charge < -0.3 is 15.8 Å². The summed E-state index contributed by atoms with van der Waals surface area (Å²) in [7, 11) is 0. The lowest BCUT2D eigenvalue weighted by Gasteiger charge is -2.21. The molecule has 1 rings (SSSR count). The molecule has 0 aliphatic carbocycles. The van der Waals surface area contributed by atoms with E-state index < -0.39 is 5.54 Å². The maximum absolute atomic E-state index is 10.9. The summed E-state index contributed by atoms with van der Waals surface area (Å²) in [4.78, 5) is 13.3. The topological polar surface area (TPSA) is 79.1 Å². The molecule has 1 heterocycles. The van der Waals surface area contributed by atoms with Crippen molar-refractivity contribution >= 4 is 0 Å². The highest BCUT2D eigenvalue weighted by Gasteiger charge is 2.19. The largest absolute Gasteiger partial charge is 0.394 e. The van der Waals surface area contributed by atoms with Crippen molar-refractivity contribution in [2.75, 3.05) is 6.61 Å². The molecule has 0 amide bonds. The van der Waals surface area contributed by atoms with E-state index in [9.17, 15) is 4.79 Å². The van der Waals surface area contributed by atoms with Crippen LogP contribution in [0.2, 0.25) is 0 Å². The molecule has 66 valence electrons. The van der Waals surface area contributed by atoms with E-state index in [1.807, 2.05) is 0 Å². The predicted octanol–water partition coefficient (Wildman–Crippen LogP) is -0.459. The number of rotatable bonds is 2. The van der Waals surface area contributed by atoms with Crippen molar-refractivity contribution in [2.45, 2.75) is 12.5 Å². The van der Waals surface area contributed by atoms with E-state index in [1.54, 1.807) is 13.0 Å². The molecule has 0 radical (unpaired) electrons. The van der Waals surface area contributed by atoms with E-state index in [-0.39, 0.29) is 12.2 Å². The fraction of sp³-hybridized carbons (Fsp3) is 0.375. The summed E-state index contributed by atoms with van der Waals surface area (Å²) in [6.07, 6.45) is 1.51. The van der Waals surface area contributed by atoms with E-state index in [0.29, 0.717) is 5.56 Å². The smallest absolute Gasteiger partial charge is 0.248 e. The Morgan fingerprint density at radius 3 is 2.92 bits per heavy atom. The SMILES string of the molecule is CC(N)(CO)c1cc[nH]c(=O)c1. The molecule has 0 spiro atoms. The van der Waals surface area contributed by atoms with Gasteiger partial charge in [-0.3, -0.25) is 4.79 Å². The molecule has 0 aliphatic heterocycles. The van der Waals surface area contributed by atoms with Crippen LogP contribution in [0, 0.1) is 0 Å². The Balaban J connectivity index is 3.11. The number of hydrogen-bond donors (Lipinski definition) is 3. The van der Waals surface area contributed by atoms with Crippen LogP contribution in [0.5, 0.6) is 0 Å². The first kappa shape index (κ1) is 8.96. The molecule has 4 nitrogen and oxygen atoms in total. The van der Waals surface area contributed by atoms with E-state index in [2.05, 4.69) is 4.98 Å². The second-order valence-corrected chi connectivity index (χ2v) is 3.02. The third kappa shape index (κ3) is 1.72. The van der Waals surface area contributed by atoms with Gasteiger partial charge in [-0.15, -0.1) is 0 Å². The van der Waals surface area contributed by atoms with E-state index in [1.165, 1.54) is 12.3 Å². The average molecular weight is 168 g/mol. The van der Waals surface area contributed by atoms with Crippen LogP contribution in [-0.2, 0) is 5.54 Å². The van der Waals surface area contributed by atoms with Crippen molar-refractivity contribution in [3.8, 4) is 0 Å². The molecule has 0 saturated carbocycles. The lowest BCUT2D eigenvalue weighted by atomic mass is 9.95. The molecule has 1 aromatic heterocycles. The maximum Gasteiger partial charge on any atom is 0.248 e. The van der Waals surface area contributed by atoms with Crippen LogP contribution >= 0.6 is 0 Å². The van der Waals surface area contributed by atoms with Crippen molar-refractivity contribution in [3.05, 3.63) is 34.2 Å². The first-order valence-electron chi connectivity index (χ1n) is 3.65. The first-order chi connectivity index (χ1) is 5.56. The van der Waals surface area contributed by atoms with Crippen LogP contribution in [0.15, 0.2) is 23.1 Å². The number of H-pyrrole nitrogens is 1. The molecule has 4 N–H and O–H groups in total. The van der Waals surface area contributed by atoms with Crippen LogP contribution in [0.4, 0.5) is 0 Å². The molecule has 0 aromatic carbocycles. The minimum atomic E-state index is -0.839. The molecule has 1 aromatic rings. The van der Waals surface area contributed by atoms with E-state index >= 15 is 0 Å². The van der Waals surface area contributed by atoms with Gasteiger partial charge in [0, 0.05) is 12.3 Å². The molecular weight excluding hydrogens is 156 g/mol.